The molecule has 0 spiro atoms. The number of aliphatic hydroxyl groups excluding tert-OH is 1. The lowest BCUT2D eigenvalue weighted by Gasteiger charge is -2.25. The van der Waals surface area contributed by atoms with Crippen LogP contribution in [0.1, 0.15) is 44.9 Å². The number of hydrogen-bond acceptors (Lipinski definition) is 3. The van der Waals surface area contributed by atoms with E-state index < -0.39 is 0 Å². The fourth-order valence-electron chi connectivity index (χ4n) is 2.77. The van der Waals surface area contributed by atoms with Crippen molar-refractivity contribution >= 4 is 17.8 Å². The van der Waals surface area contributed by atoms with Crippen molar-refractivity contribution in [2.75, 3.05) is 19.4 Å². The minimum Gasteiger partial charge on any atom is -0.396 e. The van der Waals surface area contributed by atoms with Gasteiger partial charge in [0.15, 0.2) is 0 Å². The molecule has 0 aromatic carbocycles. The molecule has 19 heavy (non-hydrogen) atoms. The molecule has 2 aliphatic rings. The number of thioether (sulfide) groups is 1. The van der Waals surface area contributed by atoms with Crippen LogP contribution in [-0.4, -0.2) is 52.8 Å². The predicted octanol–water partition coefficient (Wildman–Crippen LogP) is 2.22. The molecule has 2 amide bonds. The number of urea groups is 1. The Bertz CT molecular complexity index is 297. The van der Waals surface area contributed by atoms with Crippen LogP contribution in [-0.2, 0) is 0 Å². The molecular formula is C14H26N2O2S. The van der Waals surface area contributed by atoms with E-state index in [4.69, 9.17) is 5.11 Å². The van der Waals surface area contributed by atoms with Crippen LogP contribution in [0.5, 0.6) is 0 Å². The van der Waals surface area contributed by atoms with Crippen molar-refractivity contribution in [1.82, 2.24) is 10.2 Å². The lowest BCUT2D eigenvalue weighted by Crippen LogP contribution is -2.45. The Balaban J connectivity index is 1.75. The van der Waals surface area contributed by atoms with Gasteiger partial charge in [-0.2, -0.15) is 11.8 Å². The minimum atomic E-state index is 0.118. The Morgan fingerprint density at radius 3 is 2.68 bits per heavy atom. The Labute approximate surface area is 120 Å². The molecule has 4 nitrogen and oxygen atoms in total. The van der Waals surface area contributed by atoms with Gasteiger partial charge in [0.05, 0.1) is 0 Å². The highest BCUT2D eigenvalue weighted by Gasteiger charge is 2.34. The number of carbonyl (C=O) groups excluding carboxylic acids is 1. The van der Waals surface area contributed by atoms with E-state index in [9.17, 15) is 4.79 Å². The third-order valence-corrected chi connectivity index (χ3v) is 5.20. The number of unbranched alkanes of at least 4 members (excludes halogenated alkanes) is 1. The molecule has 5 heteroatoms. The summed E-state index contributed by atoms with van der Waals surface area (Å²) in [6.07, 6.45) is 9.58. The molecule has 2 unspecified atom stereocenters. The van der Waals surface area contributed by atoms with Crippen LogP contribution in [0.2, 0.25) is 0 Å². The first kappa shape index (κ1) is 15.0. The van der Waals surface area contributed by atoms with Gasteiger partial charge in [-0.1, -0.05) is 0 Å². The van der Waals surface area contributed by atoms with E-state index in [1.165, 1.54) is 6.42 Å². The maximum Gasteiger partial charge on any atom is 0.317 e. The van der Waals surface area contributed by atoms with Gasteiger partial charge in [0.25, 0.3) is 0 Å². The zero-order chi connectivity index (χ0) is 13.7. The normalized spacial score (nSPS) is 26.4. The number of nitrogens with one attached hydrogen (secondary N) is 1. The van der Waals surface area contributed by atoms with Gasteiger partial charge in [-0.25, -0.2) is 4.79 Å². The maximum atomic E-state index is 12.3. The zero-order valence-corrected chi connectivity index (χ0v) is 12.6. The molecule has 0 bridgehead atoms. The van der Waals surface area contributed by atoms with Gasteiger partial charge in [-0.3, -0.25) is 0 Å². The van der Waals surface area contributed by atoms with Gasteiger partial charge >= 0.3 is 6.03 Å². The van der Waals surface area contributed by atoms with Crippen LogP contribution in [0.15, 0.2) is 0 Å². The third-order valence-electron chi connectivity index (χ3n) is 4.10. The molecule has 0 aromatic rings. The van der Waals surface area contributed by atoms with Gasteiger partial charge in [-0.05, 0) is 51.2 Å². The topological polar surface area (TPSA) is 52.6 Å². The number of amides is 2. The molecule has 0 saturated heterocycles. The number of aliphatic hydroxyl groups is 1. The molecule has 0 aromatic heterocycles. The van der Waals surface area contributed by atoms with Crippen molar-refractivity contribution in [2.45, 2.75) is 62.3 Å². The molecule has 0 heterocycles. The lowest BCUT2D eigenvalue weighted by atomic mass is 10.2. The van der Waals surface area contributed by atoms with Crippen LogP contribution < -0.4 is 5.32 Å². The third kappa shape index (κ3) is 4.56. The smallest absolute Gasteiger partial charge is 0.317 e. The summed E-state index contributed by atoms with van der Waals surface area (Å²) in [5.41, 5.74) is 0. The number of nitrogens with zero attached hydrogens (tertiary/aromatic N) is 1. The summed E-state index contributed by atoms with van der Waals surface area (Å²) in [6, 6.07) is 0.938. The molecule has 2 aliphatic carbocycles. The highest BCUT2D eigenvalue weighted by molar-refractivity contribution is 7.99. The Morgan fingerprint density at radius 1 is 1.32 bits per heavy atom. The summed E-state index contributed by atoms with van der Waals surface area (Å²) in [4.78, 5) is 14.3. The molecular weight excluding hydrogens is 260 g/mol. The average molecular weight is 286 g/mol. The van der Waals surface area contributed by atoms with Crippen molar-refractivity contribution in [3.8, 4) is 0 Å². The van der Waals surface area contributed by atoms with E-state index in [0.29, 0.717) is 17.3 Å². The van der Waals surface area contributed by atoms with Crippen LogP contribution in [0.4, 0.5) is 4.79 Å². The van der Waals surface area contributed by atoms with Crippen molar-refractivity contribution in [1.29, 1.82) is 0 Å². The molecule has 0 aliphatic heterocycles. The van der Waals surface area contributed by atoms with Gasteiger partial charge < -0.3 is 15.3 Å². The molecule has 2 N–H and O–H groups in total. The van der Waals surface area contributed by atoms with Gasteiger partial charge in [0.2, 0.25) is 0 Å². The Kier molecular flexibility index (Phi) is 5.82. The van der Waals surface area contributed by atoms with Crippen molar-refractivity contribution in [3.63, 3.8) is 0 Å². The number of rotatable bonds is 7. The van der Waals surface area contributed by atoms with Crippen molar-refractivity contribution < 1.29 is 9.90 Å². The van der Waals surface area contributed by atoms with Gasteiger partial charge in [0.1, 0.15) is 0 Å². The summed E-state index contributed by atoms with van der Waals surface area (Å²) in [5.74, 6) is 0. The summed E-state index contributed by atoms with van der Waals surface area (Å²) in [5, 5.41) is 12.8. The Hall–Kier alpha value is -0.420. The van der Waals surface area contributed by atoms with E-state index in [1.807, 2.05) is 16.7 Å². The first-order valence-corrected chi connectivity index (χ1v) is 8.74. The van der Waals surface area contributed by atoms with Gasteiger partial charge in [-0.15, -0.1) is 0 Å². The first-order valence-electron chi connectivity index (χ1n) is 7.45. The predicted molar refractivity (Wildman–Crippen MR) is 79.5 cm³/mol. The summed E-state index contributed by atoms with van der Waals surface area (Å²) >= 11 is 1.91. The number of hydrogen-bond donors (Lipinski definition) is 2. The highest BCUT2D eigenvalue weighted by Crippen LogP contribution is 2.30. The second kappa shape index (κ2) is 7.39. The maximum absolute atomic E-state index is 12.3. The largest absolute Gasteiger partial charge is 0.396 e. The van der Waals surface area contributed by atoms with Crippen molar-refractivity contribution in [3.05, 3.63) is 0 Å². The van der Waals surface area contributed by atoms with E-state index in [1.54, 1.807) is 0 Å². The van der Waals surface area contributed by atoms with Crippen LogP contribution >= 0.6 is 11.8 Å². The van der Waals surface area contributed by atoms with Gasteiger partial charge in [0, 0.05) is 30.5 Å². The fraction of sp³-hybridized carbons (Fsp3) is 0.929. The summed E-state index contributed by atoms with van der Waals surface area (Å²) in [6.45, 7) is 1.01. The molecule has 2 rings (SSSR count). The monoisotopic (exact) mass is 286 g/mol. The van der Waals surface area contributed by atoms with E-state index in [0.717, 1.165) is 45.1 Å². The SMILES string of the molecule is CSC1CCC(NC(=O)N(CCCCO)C2CC2)C1. The summed E-state index contributed by atoms with van der Waals surface area (Å²) < 4.78 is 0. The molecule has 110 valence electrons. The number of carbonyl (C=O) groups is 1. The molecule has 2 atom stereocenters. The highest BCUT2D eigenvalue weighted by atomic mass is 32.2. The Morgan fingerprint density at radius 2 is 2.11 bits per heavy atom. The fourth-order valence-corrected chi connectivity index (χ4v) is 3.57. The average Bonchev–Trinajstić information content (AvgIpc) is 3.14. The standard InChI is InChI=1S/C14H26N2O2S/c1-19-13-7-4-11(10-13)15-14(18)16(12-5-6-12)8-2-3-9-17/h11-13,17H,2-10H2,1H3,(H,15,18). The van der Waals surface area contributed by atoms with Crippen LogP contribution in [0, 0.1) is 0 Å². The summed E-state index contributed by atoms with van der Waals surface area (Å²) in [7, 11) is 0. The molecule has 2 saturated carbocycles. The minimum absolute atomic E-state index is 0.118. The van der Waals surface area contributed by atoms with Crippen molar-refractivity contribution in [2.24, 2.45) is 0 Å². The van der Waals surface area contributed by atoms with Crippen LogP contribution in [0.25, 0.3) is 0 Å². The lowest BCUT2D eigenvalue weighted by molar-refractivity contribution is 0.187. The second-order valence-corrected chi connectivity index (χ2v) is 6.81. The van der Waals surface area contributed by atoms with E-state index in [2.05, 4.69) is 11.6 Å². The second-order valence-electron chi connectivity index (χ2n) is 5.67. The molecule has 0 radical (unpaired) electrons. The first-order chi connectivity index (χ1) is 9.24. The van der Waals surface area contributed by atoms with E-state index in [-0.39, 0.29) is 12.6 Å². The quantitative estimate of drug-likeness (QED) is 0.706. The molecule has 2 fully saturated rings. The van der Waals surface area contributed by atoms with Crippen LogP contribution in [0.3, 0.4) is 0 Å². The zero-order valence-electron chi connectivity index (χ0n) is 11.8. The van der Waals surface area contributed by atoms with E-state index >= 15 is 0 Å².